The van der Waals surface area contributed by atoms with Gasteiger partial charge >= 0.3 is 0 Å². The van der Waals surface area contributed by atoms with E-state index in [-0.39, 0.29) is 12.5 Å². The van der Waals surface area contributed by atoms with Crippen LogP contribution in [0.25, 0.3) is 22.7 Å². The van der Waals surface area contributed by atoms with Gasteiger partial charge in [0, 0.05) is 13.6 Å². The Labute approximate surface area is 169 Å². The van der Waals surface area contributed by atoms with Crippen molar-refractivity contribution in [3.8, 4) is 17.6 Å². The first kappa shape index (κ1) is 20.0. The maximum Gasteiger partial charge on any atom is 0.257 e. The van der Waals surface area contributed by atoms with Crippen molar-refractivity contribution in [3.63, 3.8) is 0 Å². The van der Waals surface area contributed by atoms with Gasteiger partial charge in [-0.15, -0.1) is 0 Å². The molecular weight excluding hydrogens is 368 g/mol. The minimum atomic E-state index is -0.202. The number of hydrogen-bond acceptors (Lipinski definition) is 5. The van der Waals surface area contributed by atoms with Gasteiger partial charge in [0.2, 0.25) is 0 Å². The van der Waals surface area contributed by atoms with E-state index in [9.17, 15) is 10.1 Å². The summed E-state index contributed by atoms with van der Waals surface area (Å²) in [4.78, 5) is 16.2. The molecule has 1 amide bonds. The maximum atomic E-state index is 11.6. The zero-order valence-electron chi connectivity index (χ0n) is 16.6. The number of amides is 1. The number of hydrogen-bond donors (Lipinski definition) is 1. The molecule has 0 atom stereocenters. The number of nitrogens with zero attached hydrogens (tertiary/aromatic N) is 3. The second-order valence-corrected chi connectivity index (χ2v) is 6.31. The average molecular weight is 390 g/mol. The van der Waals surface area contributed by atoms with Crippen LogP contribution in [-0.4, -0.2) is 35.7 Å². The van der Waals surface area contributed by atoms with Crippen molar-refractivity contribution in [2.45, 2.75) is 6.92 Å². The van der Waals surface area contributed by atoms with Crippen molar-refractivity contribution in [2.24, 2.45) is 7.05 Å². The Morgan fingerprint density at radius 3 is 2.76 bits per heavy atom. The molecule has 1 heterocycles. The number of aryl methyl sites for hydroxylation is 1. The second-order valence-electron chi connectivity index (χ2n) is 6.31. The number of aromatic nitrogens is 2. The largest absolute Gasteiger partial charge is 0.493 e. The molecule has 7 heteroatoms. The van der Waals surface area contributed by atoms with Crippen molar-refractivity contribution >= 4 is 28.6 Å². The van der Waals surface area contributed by atoms with Gasteiger partial charge in [0.1, 0.15) is 6.07 Å². The lowest BCUT2D eigenvalue weighted by atomic mass is 10.1. The highest BCUT2D eigenvalue weighted by molar-refractivity contribution is 5.91. The molecular formula is C22H22N4O3. The van der Waals surface area contributed by atoms with Crippen molar-refractivity contribution < 1.29 is 14.3 Å². The quantitative estimate of drug-likeness (QED) is 0.626. The van der Waals surface area contributed by atoms with E-state index in [0.717, 1.165) is 16.6 Å². The highest BCUT2D eigenvalue weighted by Gasteiger charge is 2.13. The zero-order chi connectivity index (χ0) is 20.8. The van der Waals surface area contributed by atoms with Gasteiger partial charge in [0.15, 0.2) is 23.9 Å². The minimum Gasteiger partial charge on any atom is -0.493 e. The zero-order valence-corrected chi connectivity index (χ0v) is 16.6. The summed E-state index contributed by atoms with van der Waals surface area (Å²) in [5.41, 5.74) is 2.98. The number of carbonyl (C=O) groups is 1. The topological polar surface area (TPSA) is 89.2 Å². The van der Waals surface area contributed by atoms with Gasteiger partial charge in [-0.05, 0) is 42.8 Å². The molecule has 0 radical (unpaired) electrons. The first-order chi connectivity index (χ1) is 14.1. The molecule has 0 aliphatic carbocycles. The molecule has 0 spiro atoms. The Kier molecular flexibility index (Phi) is 6.15. The van der Waals surface area contributed by atoms with Crippen molar-refractivity contribution in [1.29, 1.82) is 5.26 Å². The van der Waals surface area contributed by atoms with E-state index in [4.69, 9.17) is 9.47 Å². The molecule has 1 N–H and O–H groups in total. The number of rotatable bonds is 7. The minimum absolute atomic E-state index is 0.0946. The smallest absolute Gasteiger partial charge is 0.257 e. The first-order valence-corrected chi connectivity index (χ1v) is 9.18. The third-order valence-electron chi connectivity index (χ3n) is 4.38. The lowest BCUT2D eigenvalue weighted by Crippen LogP contribution is -2.28. The van der Waals surface area contributed by atoms with Crippen LogP contribution in [-0.2, 0) is 11.8 Å². The van der Waals surface area contributed by atoms with Crippen LogP contribution >= 0.6 is 0 Å². The fourth-order valence-corrected chi connectivity index (χ4v) is 2.98. The van der Waals surface area contributed by atoms with Gasteiger partial charge in [0.05, 0.1) is 23.7 Å². The van der Waals surface area contributed by atoms with Crippen LogP contribution in [0.1, 0.15) is 18.3 Å². The molecule has 1 aromatic heterocycles. The summed E-state index contributed by atoms with van der Waals surface area (Å²) in [5, 5.41) is 12.4. The number of benzene rings is 2. The molecule has 29 heavy (non-hydrogen) atoms. The number of ether oxygens (including phenoxy) is 2. The summed E-state index contributed by atoms with van der Waals surface area (Å²) in [6.45, 7) is 2.29. The number of nitriles is 1. The van der Waals surface area contributed by atoms with Crippen LogP contribution in [0, 0.1) is 11.3 Å². The fourth-order valence-electron chi connectivity index (χ4n) is 2.98. The molecule has 0 aliphatic rings. The van der Waals surface area contributed by atoms with Gasteiger partial charge in [-0.25, -0.2) is 4.98 Å². The monoisotopic (exact) mass is 390 g/mol. The predicted octanol–water partition coefficient (Wildman–Crippen LogP) is 3.16. The Morgan fingerprint density at radius 1 is 1.28 bits per heavy atom. The van der Waals surface area contributed by atoms with Crippen LogP contribution < -0.4 is 14.8 Å². The molecule has 0 aliphatic heterocycles. The van der Waals surface area contributed by atoms with Crippen molar-refractivity contribution in [1.82, 2.24) is 14.9 Å². The van der Waals surface area contributed by atoms with Crippen LogP contribution in [0.4, 0.5) is 0 Å². The summed E-state index contributed by atoms with van der Waals surface area (Å²) in [6, 6.07) is 15.2. The second kappa shape index (κ2) is 8.93. The van der Waals surface area contributed by atoms with E-state index < -0.39 is 0 Å². The fraction of sp³-hybridized carbons (Fsp3) is 0.227. The van der Waals surface area contributed by atoms with Gasteiger partial charge < -0.3 is 19.4 Å². The number of methoxy groups -OCH3 is 1. The molecule has 0 unspecified atom stereocenters. The Morgan fingerprint density at radius 2 is 2.07 bits per heavy atom. The summed E-state index contributed by atoms with van der Waals surface area (Å²) in [7, 11) is 3.41. The normalized spacial score (nSPS) is 11.2. The van der Waals surface area contributed by atoms with Crippen molar-refractivity contribution in [2.75, 3.05) is 20.3 Å². The van der Waals surface area contributed by atoms with E-state index in [2.05, 4.69) is 16.4 Å². The van der Waals surface area contributed by atoms with Crippen LogP contribution in [0.15, 0.2) is 42.5 Å². The number of para-hydroxylation sites is 2. The van der Waals surface area contributed by atoms with E-state index in [0.29, 0.717) is 29.4 Å². The van der Waals surface area contributed by atoms with Crippen LogP contribution in [0.5, 0.6) is 11.5 Å². The van der Waals surface area contributed by atoms with Crippen LogP contribution in [0.2, 0.25) is 0 Å². The third-order valence-corrected chi connectivity index (χ3v) is 4.38. The first-order valence-electron chi connectivity index (χ1n) is 9.18. The summed E-state index contributed by atoms with van der Waals surface area (Å²) in [5.74, 6) is 1.32. The number of allylic oxidation sites excluding steroid dienone is 1. The van der Waals surface area contributed by atoms with E-state index in [1.807, 2.05) is 42.8 Å². The summed E-state index contributed by atoms with van der Waals surface area (Å²) in [6.07, 6.45) is 1.75. The molecule has 7 nitrogen and oxygen atoms in total. The van der Waals surface area contributed by atoms with Gasteiger partial charge in [-0.3, -0.25) is 4.79 Å². The maximum absolute atomic E-state index is 11.6. The Bertz CT molecular complexity index is 1110. The molecule has 3 rings (SSSR count). The lowest BCUT2D eigenvalue weighted by molar-refractivity contribution is -0.123. The van der Waals surface area contributed by atoms with Gasteiger partial charge in [0.25, 0.3) is 5.91 Å². The predicted molar refractivity (Wildman–Crippen MR) is 111 cm³/mol. The number of imidazole rings is 1. The number of nitrogens with one attached hydrogen (secondary N) is 1. The molecule has 3 aromatic rings. The van der Waals surface area contributed by atoms with Gasteiger partial charge in [-0.2, -0.15) is 5.26 Å². The van der Waals surface area contributed by atoms with Gasteiger partial charge in [-0.1, -0.05) is 18.2 Å². The van der Waals surface area contributed by atoms with E-state index >= 15 is 0 Å². The highest BCUT2D eigenvalue weighted by atomic mass is 16.5. The number of fused-ring (bicyclic) bond motifs is 1. The molecule has 148 valence electrons. The average Bonchev–Trinajstić information content (AvgIpc) is 3.07. The molecule has 0 saturated heterocycles. The Hall–Kier alpha value is -3.79. The molecule has 2 aromatic carbocycles. The van der Waals surface area contributed by atoms with Crippen molar-refractivity contribution in [3.05, 3.63) is 53.9 Å². The molecule has 0 bridgehead atoms. The van der Waals surface area contributed by atoms with Crippen LogP contribution in [0.3, 0.4) is 0 Å². The number of likely N-dealkylation sites (N-methyl/N-ethyl adjacent to an activating group) is 1. The summed E-state index contributed by atoms with van der Waals surface area (Å²) >= 11 is 0. The third kappa shape index (κ3) is 4.38. The highest BCUT2D eigenvalue weighted by Crippen LogP contribution is 2.30. The lowest BCUT2D eigenvalue weighted by Gasteiger charge is -2.11. The molecule has 0 fully saturated rings. The number of carbonyl (C=O) groups excluding carboxylic acids is 1. The SMILES string of the molecule is CCNC(=O)COc1ccc(/C=C(\C#N)c2nc3ccccc3n2C)cc1OC. The Balaban J connectivity index is 1.90. The van der Waals surface area contributed by atoms with E-state index in [1.54, 1.807) is 24.3 Å². The summed E-state index contributed by atoms with van der Waals surface area (Å²) < 4.78 is 12.8. The standard InChI is InChI=1S/C22H22N4O3/c1-4-24-21(27)14-29-19-10-9-15(12-20(19)28-3)11-16(13-23)22-25-17-7-5-6-8-18(17)26(22)2/h5-12H,4,14H2,1-3H3,(H,24,27)/b16-11+. The molecule has 0 saturated carbocycles. The van der Waals surface area contributed by atoms with E-state index in [1.165, 1.54) is 7.11 Å².